The number of aromatic nitrogens is 1. The minimum Gasteiger partial charge on any atom is -0.357 e. The van der Waals surface area contributed by atoms with E-state index in [-0.39, 0.29) is 11.8 Å². The van der Waals surface area contributed by atoms with Gasteiger partial charge in [-0.25, -0.2) is 5.01 Å². The molecule has 0 bridgehead atoms. The summed E-state index contributed by atoms with van der Waals surface area (Å²) >= 11 is 0. The number of carbonyl (C=O) groups excluding carboxylic acids is 1. The van der Waals surface area contributed by atoms with Gasteiger partial charge in [-0.05, 0) is 51.2 Å². The number of amides is 1. The van der Waals surface area contributed by atoms with Gasteiger partial charge in [0.2, 0.25) is 0 Å². The number of aromatic amines is 1. The summed E-state index contributed by atoms with van der Waals surface area (Å²) in [6.45, 7) is 2.76. The summed E-state index contributed by atoms with van der Waals surface area (Å²) in [6.07, 6.45) is 0.657. The Morgan fingerprint density at radius 1 is 1.07 bits per heavy atom. The van der Waals surface area contributed by atoms with Crippen molar-refractivity contribution in [1.82, 2.24) is 9.88 Å². The summed E-state index contributed by atoms with van der Waals surface area (Å²) in [5.41, 5.74) is 5.17. The number of fused-ring (bicyclic) bond motifs is 1. The number of para-hydroxylation sites is 2. The minimum atomic E-state index is -0.231. The summed E-state index contributed by atoms with van der Waals surface area (Å²) in [6, 6.07) is 17.9. The Morgan fingerprint density at radius 2 is 1.78 bits per heavy atom. The molecule has 1 atom stereocenters. The number of hydrogen-bond donors (Lipinski definition) is 1. The second kappa shape index (κ2) is 7.00. The molecule has 1 aliphatic rings. The number of hydrazone groups is 1. The lowest BCUT2D eigenvalue weighted by molar-refractivity contribution is -0.119. The van der Waals surface area contributed by atoms with Crippen molar-refractivity contribution in [2.75, 3.05) is 19.1 Å². The van der Waals surface area contributed by atoms with Crippen molar-refractivity contribution in [3.8, 4) is 0 Å². The molecule has 0 aliphatic carbocycles. The van der Waals surface area contributed by atoms with E-state index in [2.05, 4.69) is 41.2 Å². The van der Waals surface area contributed by atoms with Gasteiger partial charge in [0.25, 0.3) is 5.91 Å². The third kappa shape index (κ3) is 3.26. The summed E-state index contributed by atoms with van der Waals surface area (Å²) in [4.78, 5) is 18.8. The molecule has 5 nitrogen and oxygen atoms in total. The maximum atomic E-state index is 13.1. The van der Waals surface area contributed by atoms with Crippen LogP contribution in [0.1, 0.15) is 18.2 Å². The molecule has 0 radical (unpaired) electrons. The maximum absolute atomic E-state index is 13.1. The molecule has 4 rings (SSSR count). The Morgan fingerprint density at radius 3 is 2.52 bits per heavy atom. The predicted octanol–water partition coefficient (Wildman–Crippen LogP) is 3.81. The quantitative estimate of drug-likeness (QED) is 0.752. The van der Waals surface area contributed by atoms with Gasteiger partial charge >= 0.3 is 0 Å². The highest BCUT2D eigenvalue weighted by Gasteiger charge is 2.35. The highest BCUT2D eigenvalue weighted by atomic mass is 16.2. The molecular weight excluding hydrogens is 336 g/mol. The Hall–Kier alpha value is -2.92. The normalized spacial score (nSPS) is 17.2. The van der Waals surface area contributed by atoms with Crippen molar-refractivity contribution < 1.29 is 4.79 Å². The largest absolute Gasteiger partial charge is 0.357 e. The number of carbonyl (C=O) groups is 1. The van der Waals surface area contributed by atoms with E-state index in [1.54, 1.807) is 5.01 Å². The van der Waals surface area contributed by atoms with E-state index in [4.69, 9.17) is 0 Å². The van der Waals surface area contributed by atoms with Gasteiger partial charge in [0.15, 0.2) is 0 Å². The van der Waals surface area contributed by atoms with Crippen molar-refractivity contribution >= 4 is 28.2 Å². The number of benzene rings is 2. The van der Waals surface area contributed by atoms with E-state index in [0.717, 1.165) is 23.5 Å². The van der Waals surface area contributed by atoms with Crippen LogP contribution in [0.3, 0.4) is 0 Å². The molecule has 1 N–H and O–H groups in total. The first-order chi connectivity index (χ1) is 13.0. The van der Waals surface area contributed by atoms with E-state index in [9.17, 15) is 4.79 Å². The molecule has 0 fully saturated rings. The molecule has 1 aromatic heterocycles. The van der Waals surface area contributed by atoms with Crippen LogP contribution in [0.5, 0.6) is 0 Å². The average molecular weight is 360 g/mol. The third-order valence-electron chi connectivity index (χ3n) is 5.05. The van der Waals surface area contributed by atoms with Crippen LogP contribution in [0.25, 0.3) is 10.9 Å². The van der Waals surface area contributed by atoms with Gasteiger partial charge in [0.05, 0.1) is 11.6 Å². The van der Waals surface area contributed by atoms with E-state index < -0.39 is 0 Å². The molecule has 0 spiro atoms. The summed E-state index contributed by atoms with van der Waals surface area (Å²) < 4.78 is 0. The second-order valence-corrected chi connectivity index (χ2v) is 7.35. The second-order valence-electron chi connectivity index (χ2n) is 7.35. The predicted molar refractivity (Wildman–Crippen MR) is 110 cm³/mol. The van der Waals surface area contributed by atoms with Crippen LogP contribution in [0.2, 0.25) is 0 Å². The van der Waals surface area contributed by atoms with E-state index in [0.29, 0.717) is 6.42 Å². The van der Waals surface area contributed by atoms with Crippen LogP contribution >= 0.6 is 0 Å². The number of H-pyrrole nitrogens is 1. The zero-order valence-corrected chi connectivity index (χ0v) is 15.9. The Balaban J connectivity index is 1.68. The smallest absolute Gasteiger partial charge is 0.256 e. The molecule has 1 amide bonds. The number of anilines is 1. The van der Waals surface area contributed by atoms with Crippen molar-refractivity contribution in [2.45, 2.75) is 19.9 Å². The number of nitrogens with one attached hydrogen (secondary N) is 1. The Bertz CT molecular complexity index is 1000. The van der Waals surface area contributed by atoms with Crippen molar-refractivity contribution in [3.63, 3.8) is 0 Å². The van der Waals surface area contributed by atoms with Gasteiger partial charge < -0.3 is 9.88 Å². The molecule has 1 unspecified atom stereocenters. The van der Waals surface area contributed by atoms with Crippen molar-refractivity contribution in [1.29, 1.82) is 0 Å². The van der Waals surface area contributed by atoms with Crippen molar-refractivity contribution in [3.05, 3.63) is 65.9 Å². The SMILES string of the molecule is CC1=NN(c2ccccc2)C(=O)C1Cc1c(CN(C)C)[nH]c2ccccc12. The van der Waals surface area contributed by atoms with Crippen LogP contribution in [-0.2, 0) is 17.8 Å². The zero-order chi connectivity index (χ0) is 19.0. The van der Waals surface area contributed by atoms with Crippen LogP contribution in [0.15, 0.2) is 59.7 Å². The highest BCUT2D eigenvalue weighted by molar-refractivity contribution is 6.15. The van der Waals surface area contributed by atoms with Crippen LogP contribution in [0.4, 0.5) is 5.69 Å². The van der Waals surface area contributed by atoms with Gasteiger partial charge in [0, 0.05) is 28.9 Å². The molecule has 1 aliphatic heterocycles. The van der Waals surface area contributed by atoms with E-state index in [1.807, 2.05) is 49.4 Å². The highest BCUT2D eigenvalue weighted by Crippen LogP contribution is 2.30. The van der Waals surface area contributed by atoms with Gasteiger partial charge in [0.1, 0.15) is 0 Å². The molecule has 138 valence electrons. The summed E-state index contributed by atoms with van der Waals surface area (Å²) in [5, 5.41) is 7.28. The monoisotopic (exact) mass is 360 g/mol. The lowest BCUT2D eigenvalue weighted by Crippen LogP contribution is -2.28. The fourth-order valence-electron chi connectivity index (χ4n) is 3.74. The lowest BCUT2D eigenvalue weighted by atomic mass is 9.93. The van der Waals surface area contributed by atoms with Gasteiger partial charge in [-0.15, -0.1) is 0 Å². The van der Waals surface area contributed by atoms with Crippen LogP contribution in [0, 0.1) is 5.92 Å². The standard InChI is InChI=1S/C22H24N4O/c1-15-18(22(27)26(24-15)16-9-5-4-6-10-16)13-19-17-11-7-8-12-20(17)23-21(19)14-25(2)3/h4-12,18,23H,13-14H2,1-3H3. The van der Waals surface area contributed by atoms with E-state index >= 15 is 0 Å². The molecule has 2 heterocycles. The third-order valence-corrected chi connectivity index (χ3v) is 5.05. The number of hydrogen-bond acceptors (Lipinski definition) is 3. The molecule has 0 saturated carbocycles. The maximum Gasteiger partial charge on any atom is 0.256 e. The fourth-order valence-corrected chi connectivity index (χ4v) is 3.74. The zero-order valence-electron chi connectivity index (χ0n) is 15.9. The molecule has 3 aromatic rings. The molecule has 2 aromatic carbocycles. The first-order valence-electron chi connectivity index (χ1n) is 9.22. The first-order valence-corrected chi connectivity index (χ1v) is 9.22. The average Bonchev–Trinajstić information content (AvgIpc) is 3.14. The Kier molecular flexibility index (Phi) is 4.54. The van der Waals surface area contributed by atoms with Gasteiger partial charge in [-0.1, -0.05) is 36.4 Å². The fraction of sp³-hybridized carbons (Fsp3) is 0.273. The first kappa shape index (κ1) is 17.5. The molecule has 0 saturated heterocycles. The van der Waals surface area contributed by atoms with Gasteiger partial charge in [-0.3, -0.25) is 4.79 Å². The van der Waals surface area contributed by atoms with Crippen molar-refractivity contribution in [2.24, 2.45) is 11.0 Å². The molecular formula is C22H24N4O. The molecule has 5 heteroatoms. The van der Waals surface area contributed by atoms with Crippen LogP contribution < -0.4 is 5.01 Å². The topological polar surface area (TPSA) is 51.7 Å². The lowest BCUT2D eigenvalue weighted by Gasteiger charge is -2.16. The Labute approximate surface area is 159 Å². The molecule has 27 heavy (non-hydrogen) atoms. The van der Waals surface area contributed by atoms with E-state index in [1.165, 1.54) is 16.6 Å². The van der Waals surface area contributed by atoms with Gasteiger partial charge in [-0.2, -0.15) is 5.10 Å². The summed E-state index contributed by atoms with van der Waals surface area (Å²) in [5.74, 6) is -0.190. The number of rotatable bonds is 5. The van der Waals surface area contributed by atoms with Crippen LogP contribution in [-0.4, -0.2) is 35.6 Å². The minimum absolute atomic E-state index is 0.0415. The number of nitrogens with zero attached hydrogens (tertiary/aromatic N) is 3. The summed E-state index contributed by atoms with van der Waals surface area (Å²) in [7, 11) is 4.11.